The van der Waals surface area contributed by atoms with E-state index in [4.69, 9.17) is 10.5 Å². The van der Waals surface area contributed by atoms with Crippen molar-refractivity contribution in [2.75, 3.05) is 12.4 Å². The second-order valence-electron chi connectivity index (χ2n) is 5.00. The number of ether oxygens (including phenoxy) is 1. The number of benzene rings is 1. The van der Waals surface area contributed by atoms with Gasteiger partial charge in [-0.2, -0.15) is 0 Å². The van der Waals surface area contributed by atoms with Gasteiger partial charge in [-0.05, 0) is 26.0 Å². The van der Waals surface area contributed by atoms with Crippen LogP contribution in [0.5, 0.6) is 0 Å². The van der Waals surface area contributed by atoms with E-state index in [2.05, 4.69) is 5.32 Å². The molecule has 0 aliphatic rings. The zero-order chi connectivity index (χ0) is 18.1. The van der Waals surface area contributed by atoms with E-state index >= 15 is 0 Å². The number of amides is 4. The van der Waals surface area contributed by atoms with Gasteiger partial charge in [-0.15, -0.1) is 11.8 Å². The van der Waals surface area contributed by atoms with Gasteiger partial charge in [-0.1, -0.05) is 12.1 Å². The lowest BCUT2D eigenvalue weighted by molar-refractivity contribution is -0.123. The van der Waals surface area contributed by atoms with Crippen molar-refractivity contribution in [3.8, 4) is 0 Å². The van der Waals surface area contributed by atoms with Gasteiger partial charge in [-0.25, -0.2) is 9.59 Å². The lowest BCUT2D eigenvalue weighted by Gasteiger charge is -2.10. The molecule has 0 unspecified atom stereocenters. The smallest absolute Gasteiger partial charge is 0.339 e. The number of carbonyl (C=O) groups excluding carboxylic acids is 4. The van der Waals surface area contributed by atoms with Gasteiger partial charge in [0, 0.05) is 10.9 Å². The number of urea groups is 1. The number of thioether (sulfide) groups is 1. The van der Waals surface area contributed by atoms with Crippen LogP contribution in [0.3, 0.4) is 0 Å². The summed E-state index contributed by atoms with van der Waals surface area (Å²) >= 11 is 1.18. The Hall–Kier alpha value is -2.55. The summed E-state index contributed by atoms with van der Waals surface area (Å²) in [6, 6.07) is 5.56. The van der Waals surface area contributed by atoms with Crippen LogP contribution in [-0.2, 0) is 14.3 Å². The Bertz CT molecular complexity index is 633. The van der Waals surface area contributed by atoms with Gasteiger partial charge in [0.05, 0.1) is 11.3 Å². The van der Waals surface area contributed by atoms with Crippen LogP contribution in [0.15, 0.2) is 29.2 Å². The fourth-order valence-electron chi connectivity index (χ4n) is 1.65. The largest absolute Gasteiger partial charge is 0.452 e. The zero-order valence-electron chi connectivity index (χ0n) is 13.3. The number of hydrogen-bond donors (Lipinski definition) is 3. The van der Waals surface area contributed by atoms with Gasteiger partial charge in [0.1, 0.15) is 0 Å². The van der Waals surface area contributed by atoms with Crippen molar-refractivity contribution in [1.29, 1.82) is 0 Å². The van der Waals surface area contributed by atoms with Crippen molar-refractivity contribution in [3.05, 3.63) is 29.8 Å². The van der Waals surface area contributed by atoms with Gasteiger partial charge in [0.2, 0.25) is 5.91 Å². The number of primary amides is 1. The molecule has 8 nitrogen and oxygen atoms in total. The monoisotopic (exact) mass is 353 g/mol. The molecule has 0 aliphatic carbocycles. The minimum atomic E-state index is -1.02. The van der Waals surface area contributed by atoms with Gasteiger partial charge in [-0.3, -0.25) is 14.9 Å². The van der Waals surface area contributed by atoms with Crippen LogP contribution in [-0.4, -0.2) is 42.2 Å². The first-order chi connectivity index (χ1) is 11.3. The predicted octanol–water partition coefficient (Wildman–Crippen LogP) is 0.655. The molecule has 0 saturated heterocycles. The van der Waals surface area contributed by atoms with E-state index in [0.717, 1.165) is 0 Å². The van der Waals surface area contributed by atoms with Crippen LogP contribution < -0.4 is 16.4 Å². The maximum absolute atomic E-state index is 12.0. The summed E-state index contributed by atoms with van der Waals surface area (Å²) in [6.45, 7) is 3.07. The number of esters is 1. The fraction of sp³-hybridized carbons (Fsp3) is 0.333. The van der Waals surface area contributed by atoms with Crippen LogP contribution in [0, 0.1) is 0 Å². The third-order valence-corrected chi connectivity index (χ3v) is 3.59. The summed E-state index contributed by atoms with van der Waals surface area (Å²) < 4.78 is 4.83. The lowest BCUT2D eigenvalue weighted by atomic mass is 10.2. The summed E-state index contributed by atoms with van der Waals surface area (Å²) in [4.78, 5) is 46.0. The first kappa shape index (κ1) is 19.5. The Balaban J connectivity index is 2.64. The van der Waals surface area contributed by atoms with Crippen molar-refractivity contribution >= 4 is 35.6 Å². The van der Waals surface area contributed by atoms with Crippen molar-refractivity contribution in [2.24, 2.45) is 5.73 Å². The number of nitrogens with one attached hydrogen (secondary N) is 2. The van der Waals surface area contributed by atoms with Gasteiger partial charge in [0.15, 0.2) is 6.61 Å². The highest BCUT2D eigenvalue weighted by atomic mass is 32.2. The van der Waals surface area contributed by atoms with Crippen LogP contribution >= 0.6 is 11.8 Å². The zero-order valence-corrected chi connectivity index (χ0v) is 14.1. The molecule has 1 aromatic carbocycles. The molecule has 0 fully saturated rings. The van der Waals surface area contributed by atoms with E-state index in [1.807, 2.05) is 13.8 Å². The van der Waals surface area contributed by atoms with Crippen LogP contribution in [0.2, 0.25) is 0 Å². The highest BCUT2D eigenvalue weighted by Gasteiger charge is 2.16. The quantitative estimate of drug-likeness (QED) is 0.488. The number of imide groups is 1. The molecule has 0 atom stereocenters. The topological polar surface area (TPSA) is 128 Å². The van der Waals surface area contributed by atoms with E-state index < -0.39 is 24.5 Å². The van der Waals surface area contributed by atoms with Crippen molar-refractivity contribution in [2.45, 2.75) is 24.8 Å². The minimum Gasteiger partial charge on any atom is -0.452 e. The Morgan fingerprint density at radius 1 is 1.17 bits per heavy atom. The normalized spacial score (nSPS) is 10.1. The van der Waals surface area contributed by atoms with Crippen LogP contribution in [0.1, 0.15) is 24.2 Å². The molecule has 0 bridgehead atoms. The molecule has 0 radical (unpaired) electrons. The molecule has 0 spiro atoms. The predicted molar refractivity (Wildman–Crippen MR) is 88.5 cm³/mol. The van der Waals surface area contributed by atoms with Crippen LogP contribution in [0.4, 0.5) is 4.79 Å². The molecule has 130 valence electrons. The molecule has 4 N–H and O–H groups in total. The van der Waals surface area contributed by atoms with Crippen molar-refractivity contribution < 1.29 is 23.9 Å². The van der Waals surface area contributed by atoms with Crippen molar-refractivity contribution in [3.63, 3.8) is 0 Å². The molecule has 0 aromatic heterocycles. The molecule has 0 aliphatic heterocycles. The van der Waals surface area contributed by atoms with E-state index in [9.17, 15) is 19.2 Å². The molecule has 4 amide bonds. The molecule has 24 heavy (non-hydrogen) atoms. The third kappa shape index (κ3) is 7.14. The third-order valence-electron chi connectivity index (χ3n) is 2.51. The summed E-state index contributed by atoms with van der Waals surface area (Å²) in [6.07, 6.45) is 0. The second-order valence-corrected chi connectivity index (χ2v) is 6.01. The number of nitrogens with two attached hydrogens (primary N) is 1. The molecule has 9 heteroatoms. The molecule has 0 saturated carbocycles. The Morgan fingerprint density at radius 2 is 1.83 bits per heavy atom. The highest BCUT2D eigenvalue weighted by molar-refractivity contribution is 8.00. The van der Waals surface area contributed by atoms with E-state index in [-0.39, 0.29) is 23.3 Å². The SMILES string of the molecule is CC(C)NC(=O)CSc1ccccc1C(=O)OCC(=O)NC(N)=O. The summed E-state index contributed by atoms with van der Waals surface area (Å²) in [7, 11) is 0. The fourth-order valence-corrected chi connectivity index (χ4v) is 2.50. The molecule has 1 rings (SSSR count). The van der Waals surface area contributed by atoms with Gasteiger partial charge < -0.3 is 15.8 Å². The summed E-state index contributed by atoms with van der Waals surface area (Å²) in [5.74, 6) is -1.57. The average molecular weight is 353 g/mol. The number of carbonyl (C=O) groups is 4. The standard InChI is InChI=1S/C15H19N3O5S/c1-9(2)17-13(20)8-24-11-6-4-3-5-10(11)14(21)23-7-12(19)18-15(16)22/h3-6,9H,7-8H2,1-2H3,(H,17,20)(H3,16,18,19,22). The molecular weight excluding hydrogens is 334 g/mol. The van der Waals surface area contributed by atoms with Gasteiger partial charge >= 0.3 is 12.0 Å². The maximum Gasteiger partial charge on any atom is 0.339 e. The number of rotatable bonds is 7. The Morgan fingerprint density at radius 3 is 2.46 bits per heavy atom. The summed E-state index contributed by atoms with van der Waals surface area (Å²) in [5, 5.41) is 4.53. The first-order valence-electron chi connectivity index (χ1n) is 7.07. The Labute approximate surface area is 143 Å². The van der Waals surface area contributed by atoms with E-state index in [0.29, 0.717) is 4.90 Å². The van der Waals surface area contributed by atoms with Gasteiger partial charge in [0.25, 0.3) is 5.91 Å². The van der Waals surface area contributed by atoms with Crippen molar-refractivity contribution in [1.82, 2.24) is 10.6 Å². The lowest BCUT2D eigenvalue weighted by Crippen LogP contribution is -2.37. The maximum atomic E-state index is 12.0. The molecule has 0 heterocycles. The molecular formula is C15H19N3O5S. The van der Waals surface area contributed by atoms with E-state index in [1.54, 1.807) is 23.5 Å². The summed E-state index contributed by atoms with van der Waals surface area (Å²) in [5.41, 5.74) is 5.01. The Kier molecular flexibility index (Phi) is 7.76. The van der Waals surface area contributed by atoms with E-state index in [1.165, 1.54) is 17.8 Å². The highest BCUT2D eigenvalue weighted by Crippen LogP contribution is 2.23. The first-order valence-corrected chi connectivity index (χ1v) is 8.05. The average Bonchev–Trinajstić information content (AvgIpc) is 2.49. The number of hydrogen-bond acceptors (Lipinski definition) is 6. The van der Waals surface area contributed by atoms with Crippen LogP contribution in [0.25, 0.3) is 0 Å². The second kappa shape index (κ2) is 9.56. The molecule has 1 aromatic rings. The minimum absolute atomic E-state index is 0.0297.